The number of nitrogens with two attached hydrogens (primary N) is 1. The highest BCUT2D eigenvalue weighted by molar-refractivity contribution is 7.15. The van der Waals surface area contributed by atoms with E-state index in [2.05, 4.69) is 17.1 Å². The van der Waals surface area contributed by atoms with Crippen LogP contribution in [0.3, 0.4) is 0 Å². The van der Waals surface area contributed by atoms with Gasteiger partial charge in [-0.05, 0) is 5.56 Å². The molecule has 4 nitrogen and oxygen atoms in total. The third-order valence-corrected chi connectivity index (χ3v) is 4.07. The van der Waals surface area contributed by atoms with Crippen molar-refractivity contribution in [3.05, 3.63) is 41.0 Å². The molecule has 0 radical (unpaired) electrons. The molecule has 1 heterocycles. The van der Waals surface area contributed by atoms with Gasteiger partial charge in [0.25, 0.3) is 0 Å². The van der Waals surface area contributed by atoms with Crippen molar-refractivity contribution in [2.45, 2.75) is 13.0 Å². The van der Waals surface area contributed by atoms with Crippen LogP contribution in [-0.2, 0) is 22.4 Å². The van der Waals surface area contributed by atoms with Crippen molar-refractivity contribution in [1.82, 2.24) is 4.98 Å². The van der Waals surface area contributed by atoms with E-state index in [-0.39, 0.29) is 0 Å². The molecule has 2 rings (SSSR count). The van der Waals surface area contributed by atoms with E-state index >= 15 is 0 Å². The normalized spacial score (nSPS) is 10.9. The van der Waals surface area contributed by atoms with Crippen LogP contribution in [0.25, 0.3) is 10.4 Å². The summed E-state index contributed by atoms with van der Waals surface area (Å²) < 4.78 is 10.4. The van der Waals surface area contributed by atoms with E-state index in [1.807, 2.05) is 18.2 Å². The van der Waals surface area contributed by atoms with Crippen LogP contribution in [-0.4, -0.2) is 31.9 Å². The Labute approximate surface area is 123 Å². The number of rotatable bonds is 8. The first kappa shape index (κ1) is 15.1. The second-order valence-electron chi connectivity index (χ2n) is 4.31. The van der Waals surface area contributed by atoms with Crippen molar-refractivity contribution < 1.29 is 9.47 Å². The molecule has 2 N–H and O–H groups in total. The van der Waals surface area contributed by atoms with Gasteiger partial charge in [-0.1, -0.05) is 30.3 Å². The largest absolute Gasteiger partial charge is 0.382 e. The molecule has 0 aliphatic carbocycles. The molecule has 0 aliphatic rings. The Morgan fingerprint density at radius 3 is 2.65 bits per heavy atom. The van der Waals surface area contributed by atoms with Gasteiger partial charge >= 0.3 is 0 Å². The van der Waals surface area contributed by atoms with E-state index in [0.29, 0.717) is 26.4 Å². The molecule has 0 unspecified atom stereocenters. The molecule has 1 aromatic carbocycles. The SMILES string of the molecule is COCCOCCc1nc(CN)c(-c2ccccc2)s1. The number of hydrogen-bond acceptors (Lipinski definition) is 5. The molecule has 108 valence electrons. The van der Waals surface area contributed by atoms with Gasteiger partial charge in [0.2, 0.25) is 0 Å². The predicted molar refractivity (Wildman–Crippen MR) is 81.8 cm³/mol. The Kier molecular flexibility index (Phi) is 6.14. The number of nitrogens with zero attached hydrogens (tertiary/aromatic N) is 1. The van der Waals surface area contributed by atoms with Crippen LogP contribution in [0.15, 0.2) is 30.3 Å². The molecule has 20 heavy (non-hydrogen) atoms. The zero-order chi connectivity index (χ0) is 14.2. The summed E-state index contributed by atoms with van der Waals surface area (Å²) in [5.74, 6) is 0. The minimum atomic E-state index is 0.464. The van der Waals surface area contributed by atoms with E-state index in [1.54, 1.807) is 18.4 Å². The Bertz CT molecular complexity index is 514. The lowest BCUT2D eigenvalue weighted by Gasteiger charge is -2.00. The first-order chi connectivity index (χ1) is 9.85. The fraction of sp³-hybridized carbons (Fsp3) is 0.400. The summed E-state index contributed by atoms with van der Waals surface area (Å²) >= 11 is 1.70. The van der Waals surface area contributed by atoms with Crippen molar-refractivity contribution >= 4 is 11.3 Å². The minimum Gasteiger partial charge on any atom is -0.382 e. The standard InChI is InChI=1S/C15H20N2O2S/c1-18-9-10-19-8-7-14-17-13(11-16)15(20-14)12-5-3-2-4-6-12/h2-6H,7-11,16H2,1H3. The van der Waals surface area contributed by atoms with Gasteiger partial charge in [-0.25, -0.2) is 4.98 Å². The average Bonchev–Trinajstić information content (AvgIpc) is 2.91. The number of benzene rings is 1. The fourth-order valence-electron chi connectivity index (χ4n) is 1.86. The third kappa shape index (κ3) is 4.11. The summed E-state index contributed by atoms with van der Waals surface area (Å²) in [6, 6.07) is 10.3. The van der Waals surface area contributed by atoms with Crippen LogP contribution in [0, 0.1) is 0 Å². The van der Waals surface area contributed by atoms with Crippen LogP contribution < -0.4 is 5.73 Å². The van der Waals surface area contributed by atoms with Gasteiger partial charge in [-0.15, -0.1) is 11.3 Å². The van der Waals surface area contributed by atoms with Crippen LogP contribution in [0.2, 0.25) is 0 Å². The maximum atomic E-state index is 5.79. The number of methoxy groups -OCH3 is 1. The highest BCUT2D eigenvalue weighted by atomic mass is 32.1. The van der Waals surface area contributed by atoms with E-state index in [9.17, 15) is 0 Å². The van der Waals surface area contributed by atoms with Gasteiger partial charge in [0, 0.05) is 20.1 Å². The molecule has 0 saturated heterocycles. The molecule has 0 saturated carbocycles. The maximum Gasteiger partial charge on any atom is 0.0958 e. The predicted octanol–water partition coefficient (Wildman–Crippen LogP) is 2.47. The summed E-state index contributed by atoms with van der Waals surface area (Å²) in [5, 5.41) is 1.07. The second-order valence-corrected chi connectivity index (χ2v) is 5.39. The fourth-order valence-corrected chi connectivity index (χ4v) is 2.94. The zero-order valence-electron chi connectivity index (χ0n) is 11.7. The van der Waals surface area contributed by atoms with Gasteiger partial charge in [0.15, 0.2) is 0 Å². The lowest BCUT2D eigenvalue weighted by atomic mass is 10.1. The molecule has 0 bridgehead atoms. The Hall–Kier alpha value is -1.27. The highest BCUT2D eigenvalue weighted by Gasteiger charge is 2.11. The molecule has 5 heteroatoms. The van der Waals surface area contributed by atoms with E-state index in [1.165, 1.54) is 10.4 Å². The molecule has 0 amide bonds. The topological polar surface area (TPSA) is 57.4 Å². The Balaban J connectivity index is 2.00. The van der Waals surface area contributed by atoms with Crippen LogP contribution in [0.1, 0.15) is 10.7 Å². The van der Waals surface area contributed by atoms with Crippen molar-refractivity contribution in [2.24, 2.45) is 5.73 Å². The molecule has 0 atom stereocenters. The smallest absolute Gasteiger partial charge is 0.0958 e. The van der Waals surface area contributed by atoms with Crippen molar-refractivity contribution in [2.75, 3.05) is 26.9 Å². The number of hydrogen-bond donors (Lipinski definition) is 1. The maximum absolute atomic E-state index is 5.79. The lowest BCUT2D eigenvalue weighted by molar-refractivity contribution is 0.0722. The quantitative estimate of drug-likeness (QED) is 0.759. The van der Waals surface area contributed by atoms with Crippen LogP contribution in [0.4, 0.5) is 0 Å². The first-order valence-electron chi connectivity index (χ1n) is 6.66. The molecular weight excluding hydrogens is 272 g/mol. The summed E-state index contributed by atoms with van der Waals surface area (Å²) in [6.45, 7) is 2.37. The van der Waals surface area contributed by atoms with Gasteiger partial charge in [0.05, 0.1) is 35.4 Å². The highest BCUT2D eigenvalue weighted by Crippen LogP contribution is 2.30. The molecule has 1 aromatic heterocycles. The van der Waals surface area contributed by atoms with Crippen LogP contribution in [0.5, 0.6) is 0 Å². The molecular formula is C15H20N2O2S. The number of ether oxygens (including phenoxy) is 2. The van der Waals surface area contributed by atoms with Crippen molar-refractivity contribution in [3.8, 4) is 10.4 Å². The molecule has 0 spiro atoms. The summed E-state index contributed by atoms with van der Waals surface area (Å²) in [6.07, 6.45) is 0.814. The summed E-state index contributed by atoms with van der Waals surface area (Å²) in [7, 11) is 1.67. The van der Waals surface area contributed by atoms with Gasteiger partial charge in [-0.3, -0.25) is 0 Å². The Morgan fingerprint density at radius 1 is 1.15 bits per heavy atom. The van der Waals surface area contributed by atoms with Crippen molar-refractivity contribution in [1.29, 1.82) is 0 Å². The van der Waals surface area contributed by atoms with Gasteiger partial charge < -0.3 is 15.2 Å². The molecule has 0 fully saturated rings. The van der Waals surface area contributed by atoms with Gasteiger partial charge in [0.1, 0.15) is 0 Å². The van der Waals surface area contributed by atoms with Gasteiger partial charge in [-0.2, -0.15) is 0 Å². The second kappa shape index (κ2) is 8.11. The first-order valence-corrected chi connectivity index (χ1v) is 7.47. The molecule has 0 aliphatic heterocycles. The summed E-state index contributed by atoms with van der Waals surface area (Å²) in [5.41, 5.74) is 7.94. The average molecular weight is 292 g/mol. The molecule has 2 aromatic rings. The van der Waals surface area contributed by atoms with E-state index < -0.39 is 0 Å². The van der Waals surface area contributed by atoms with Crippen molar-refractivity contribution in [3.63, 3.8) is 0 Å². The lowest BCUT2D eigenvalue weighted by Crippen LogP contribution is -2.05. The number of aromatic nitrogens is 1. The van der Waals surface area contributed by atoms with E-state index in [0.717, 1.165) is 17.1 Å². The van der Waals surface area contributed by atoms with E-state index in [4.69, 9.17) is 15.2 Å². The van der Waals surface area contributed by atoms with Crippen LogP contribution >= 0.6 is 11.3 Å². The Morgan fingerprint density at radius 2 is 1.95 bits per heavy atom. The third-order valence-electron chi connectivity index (χ3n) is 2.86. The summed E-state index contributed by atoms with van der Waals surface area (Å²) in [4.78, 5) is 5.77. The number of thiazole rings is 1. The monoisotopic (exact) mass is 292 g/mol. The minimum absolute atomic E-state index is 0.464. The zero-order valence-corrected chi connectivity index (χ0v) is 12.5.